The number of benzene rings is 1. The minimum absolute atomic E-state index is 0.443. The maximum absolute atomic E-state index is 5.39. The molecule has 2 rings (SSSR count). The lowest BCUT2D eigenvalue weighted by Gasteiger charge is -2.30. The van der Waals surface area contributed by atoms with Gasteiger partial charge in [0, 0.05) is 18.7 Å². The maximum Gasteiger partial charge on any atom is 0.187 e. The highest BCUT2D eigenvalue weighted by atomic mass is 32.1. The molecule has 1 aromatic rings. The Kier molecular flexibility index (Phi) is 7.65. The molecule has 1 aliphatic rings. The van der Waals surface area contributed by atoms with Gasteiger partial charge in [-0.2, -0.15) is 5.10 Å². The van der Waals surface area contributed by atoms with Crippen LogP contribution >= 0.6 is 12.2 Å². The summed E-state index contributed by atoms with van der Waals surface area (Å²) in [5, 5.41) is 8.41. The summed E-state index contributed by atoms with van der Waals surface area (Å²) in [4.78, 5) is 0. The Morgan fingerprint density at radius 3 is 2.72 bits per heavy atom. The molecule has 6 heteroatoms. The maximum atomic E-state index is 5.39. The van der Waals surface area contributed by atoms with Crippen LogP contribution in [0.3, 0.4) is 0 Å². The van der Waals surface area contributed by atoms with E-state index in [4.69, 9.17) is 21.7 Å². The van der Waals surface area contributed by atoms with Gasteiger partial charge in [0.15, 0.2) is 5.11 Å². The normalized spacial score (nSPS) is 20.9. The van der Waals surface area contributed by atoms with Gasteiger partial charge in [-0.3, -0.25) is 5.43 Å². The van der Waals surface area contributed by atoms with Gasteiger partial charge in [0.25, 0.3) is 0 Å². The lowest BCUT2D eigenvalue weighted by atomic mass is 9.86. The van der Waals surface area contributed by atoms with Crippen molar-refractivity contribution in [1.29, 1.82) is 0 Å². The summed E-state index contributed by atoms with van der Waals surface area (Å²) in [6.45, 7) is 4.73. The molecule has 0 radical (unpaired) electrons. The van der Waals surface area contributed by atoms with Crippen LogP contribution in [-0.2, 0) is 11.3 Å². The van der Waals surface area contributed by atoms with Gasteiger partial charge in [0.05, 0.1) is 19.4 Å². The van der Waals surface area contributed by atoms with E-state index in [0.29, 0.717) is 23.7 Å². The molecule has 2 atom stereocenters. The summed E-state index contributed by atoms with van der Waals surface area (Å²) in [5.41, 5.74) is 5.84. The van der Waals surface area contributed by atoms with Crippen LogP contribution in [-0.4, -0.2) is 31.1 Å². The SMILES string of the molecule is COCc1cc(/C(C)=N\NC(=S)N[C@@H]2CCCC[C@@H]2C)ccc1OC. The van der Waals surface area contributed by atoms with Crippen LogP contribution in [0.4, 0.5) is 0 Å². The molecule has 0 aliphatic heterocycles. The van der Waals surface area contributed by atoms with Crippen molar-refractivity contribution in [2.24, 2.45) is 11.0 Å². The van der Waals surface area contributed by atoms with E-state index >= 15 is 0 Å². The second kappa shape index (κ2) is 9.73. The van der Waals surface area contributed by atoms with Gasteiger partial charge in [0.1, 0.15) is 5.75 Å². The number of nitrogens with one attached hydrogen (secondary N) is 2. The van der Waals surface area contributed by atoms with E-state index in [2.05, 4.69) is 22.8 Å². The Labute approximate surface area is 156 Å². The highest BCUT2D eigenvalue weighted by Gasteiger charge is 2.21. The highest BCUT2D eigenvalue weighted by molar-refractivity contribution is 7.80. The molecule has 138 valence electrons. The third kappa shape index (κ3) is 5.68. The van der Waals surface area contributed by atoms with Gasteiger partial charge < -0.3 is 14.8 Å². The summed E-state index contributed by atoms with van der Waals surface area (Å²) in [5.74, 6) is 1.46. The van der Waals surface area contributed by atoms with Crippen molar-refractivity contribution in [3.63, 3.8) is 0 Å². The summed E-state index contributed by atoms with van der Waals surface area (Å²) in [6, 6.07) is 6.39. The Hall–Kier alpha value is -1.66. The smallest absolute Gasteiger partial charge is 0.187 e. The van der Waals surface area contributed by atoms with Crippen LogP contribution in [0, 0.1) is 5.92 Å². The molecule has 25 heavy (non-hydrogen) atoms. The van der Waals surface area contributed by atoms with Crippen molar-refractivity contribution in [2.75, 3.05) is 14.2 Å². The molecular formula is C19H29N3O2S. The predicted octanol–water partition coefficient (Wildman–Crippen LogP) is 3.61. The van der Waals surface area contributed by atoms with E-state index in [0.717, 1.165) is 22.6 Å². The molecule has 0 bridgehead atoms. The third-order valence-electron chi connectivity index (χ3n) is 4.75. The second-order valence-electron chi connectivity index (χ2n) is 6.61. The van der Waals surface area contributed by atoms with Gasteiger partial charge in [-0.15, -0.1) is 0 Å². The zero-order valence-corrected chi connectivity index (χ0v) is 16.4. The predicted molar refractivity (Wildman–Crippen MR) is 106 cm³/mol. The first-order valence-corrected chi connectivity index (χ1v) is 9.23. The van der Waals surface area contributed by atoms with E-state index in [1.807, 2.05) is 25.1 Å². The van der Waals surface area contributed by atoms with Crippen LogP contribution in [0.15, 0.2) is 23.3 Å². The molecule has 0 heterocycles. The first kappa shape index (κ1) is 19.7. The molecule has 1 fully saturated rings. The molecule has 2 N–H and O–H groups in total. The molecule has 0 aromatic heterocycles. The minimum atomic E-state index is 0.443. The number of nitrogens with zero attached hydrogens (tertiary/aromatic N) is 1. The van der Waals surface area contributed by atoms with Gasteiger partial charge in [-0.25, -0.2) is 0 Å². The van der Waals surface area contributed by atoms with Crippen molar-refractivity contribution in [3.8, 4) is 5.75 Å². The van der Waals surface area contributed by atoms with Crippen LogP contribution < -0.4 is 15.5 Å². The Balaban J connectivity index is 1.98. The Morgan fingerprint density at radius 1 is 1.28 bits per heavy atom. The average molecular weight is 364 g/mol. The second-order valence-corrected chi connectivity index (χ2v) is 7.02. The van der Waals surface area contributed by atoms with E-state index in [9.17, 15) is 0 Å². The molecule has 1 aliphatic carbocycles. The number of thiocarbonyl (C=S) groups is 1. The van der Waals surface area contributed by atoms with Crippen molar-refractivity contribution in [2.45, 2.75) is 52.2 Å². The van der Waals surface area contributed by atoms with Crippen molar-refractivity contribution in [3.05, 3.63) is 29.3 Å². The Bertz CT molecular complexity index is 619. The summed E-state index contributed by atoms with van der Waals surface area (Å²) < 4.78 is 10.6. The van der Waals surface area contributed by atoms with Gasteiger partial charge >= 0.3 is 0 Å². The standard InChI is InChI=1S/C19H29N3O2S/c1-13-7-5-6-8-17(13)20-19(25)22-21-14(2)15-9-10-18(24-4)16(11-15)12-23-3/h9-11,13,17H,5-8,12H2,1-4H3,(H2,20,22,25)/b21-14-/t13-,17+/m0/s1. The fourth-order valence-corrected chi connectivity index (χ4v) is 3.40. The van der Waals surface area contributed by atoms with Crippen molar-refractivity contribution < 1.29 is 9.47 Å². The molecular weight excluding hydrogens is 334 g/mol. The van der Waals surface area contributed by atoms with Crippen molar-refractivity contribution in [1.82, 2.24) is 10.7 Å². The fraction of sp³-hybridized carbons (Fsp3) is 0.579. The van der Waals surface area contributed by atoms with E-state index < -0.39 is 0 Å². The van der Waals surface area contributed by atoms with Crippen molar-refractivity contribution >= 4 is 23.0 Å². The number of hydrogen-bond donors (Lipinski definition) is 2. The van der Waals surface area contributed by atoms with E-state index in [1.165, 1.54) is 25.7 Å². The monoisotopic (exact) mass is 363 g/mol. The Morgan fingerprint density at radius 2 is 2.04 bits per heavy atom. The zero-order valence-electron chi connectivity index (χ0n) is 15.6. The minimum Gasteiger partial charge on any atom is -0.496 e. The molecule has 5 nitrogen and oxygen atoms in total. The molecule has 0 saturated heterocycles. The first-order chi connectivity index (χ1) is 12.0. The first-order valence-electron chi connectivity index (χ1n) is 8.82. The molecule has 0 spiro atoms. The molecule has 0 amide bonds. The number of rotatable bonds is 6. The average Bonchev–Trinajstić information content (AvgIpc) is 2.62. The van der Waals surface area contributed by atoms with Crippen LogP contribution in [0.1, 0.15) is 50.7 Å². The van der Waals surface area contributed by atoms with Crippen LogP contribution in [0.2, 0.25) is 0 Å². The van der Waals surface area contributed by atoms with E-state index in [1.54, 1.807) is 14.2 Å². The van der Waals surface area contributed by atoms with Gasteiger partial charge in [-0.05, 0) is 61.7 Å². The summed E-state index contributed by atoms with van der Waals surface area (Å²) >= 11 is 5.39. The largest absolute Gasteiger partial charge is 0.496 e. The lowest BCUT2D eigenvalue weighted by Crippen LogP contribution is -2.44. The summed E-state index contributed by atoms with van der Waals surface area (Å²) in [6.07, 6.45) is 5.01. The number of hydrazone groups is 1. The number of methoxy groups -OCH3 is 2. The highest BCUT2D eigenvalue weighted by Crippen LogP contribution is 2.23. The topological polar surface area (TPSA) is 54.9 Å². The van der Waals surface area contributed by atoms with Crippen LogP contribution in [0.5, 0.6) is 5.75 Å². The fourth-order valence-electron chi connectivity index (χ4n) is 3.20. The summed E-state index contributed by atoms with van der Waals surface area (Å²) in [7, 11) is 3.33. The van der Waals surface area contributed by atoms with Gasteiger partial charge in [0.2, 0.25) is 0 Å². The zero-order chi connectivity index (χ0) is 18.2. The number of ether oxygens (including phenoxy) is 2. The van der Waals surface area contributed by atoms with Gasteiger partial charge in [-0.1, -0.05) is 19.8 Å². The molecule has 1 aromatic carbocycles. The number of hydrogen-bond acceptors (Lipinski definition) is 4. The van der Waals surface area contributed by atoms with Crippen LogP contribution in [0.25, 0.3) is 0 Å². The quantitative estimate of drug-likeness (QED) is 0.459. The molecule has 0 unspecified atom stereocenters. The third-order valence-corrected chi connectivity index (χ3v) is 4.96. The van der Waals surface area contributed by atoms with E-state index in [-0.39, 0.29) is 0 Å². The molecule has 1 saturated carbocycles. The lowest BCUT2D eigenvalue weighted by molar-refractivity contribution is 0.181.